The SMILES string of the molecule is CCS(=O)(=O)c1cc(F)cc(Oc2ccc(-n3cnc4c(C(F)(F)F)cccc43)c(C)c2)c1. The minimum Gasteiger partial charge on any atom is -0.457 e. The third-order valence-electron chi connectivity index (χ3n) is 5.13. The van der Waals surface area contributed by atoms with E-state index in [4.69, 9.17) is 4.74 Å². The van der Waals surface area contributed by atoms with Crippen molar-refractivity contribution in [1.82, 2.24) is 9.55 Å². The number of ether oxygens (including phenoxy) is 1. The number of halogens is 4. The van der Waals surface area contributed by atoms with Crippen LogP contribution in [0.3, 0.4) is 0 Å². The van der Waals surface area contributed by atoms with Gasteiger partial charge in [-0.3, -0.25) is 4.57 Å². The van der Waals surface area contributed by atoms with Gasteiger partial charge in [-0.1, -0.05) is 13.0 Å². The van der Waals surface area contributed by atoms with E-state index in [1.807, 2.05) is 0 Å². The molecule has 0 spiro atoms. The van der Waals surface area contributed by atoms with Gasteiger partial charge in [0.15, 0.2) is 9.84 Å². The van der Waals surface area contributed by atoms with Crippen molar-refractivity contribution in [1.29, 1.82) is 0 Å². The summed E-state index contributed by atoms with van der Waals surface area (Å²) in [7, 11) is -3.63. The van der Waals surface area contributed by atoms with Crippen molar-refractivity contribution in [3.8, 4) is 17.2 Å². The van der Waals surface area contributed by atoms with Crippen LogP contribution in [0.25, 0.3) is 16.7 Å². The summed E-state index contributed by atoms with van der Waals surface area (Å²) in [5.41, 5.74) is 0.551. The number of aromatic nitrogens is 2. The maximum Gasteiger partial charge on any atom is 0.418 e. The van der Waals surface area contributed by atoms with Gasteiger partial charge >= 0.3 is 6.18 Å². The van der Waals surface area contributed by atoms with Gasteiger partial charge in [0, 0.05) is 6.07 Å². The Hall–Kier alpha value is -3.40. The van der Waals surface area contributed by atoms with E-state index in [-0.39, 0.29) is 21.9 Å². The summed E-state index contributed by atoms with van der Waals surface area (Å²) in [6, 6.07) is 11.9. The summed E-state index contributed by atoms with van der Waals surface area (Å²) in [6.07, 6.45) is -3.21. The second kappa shape index (κ2) is 8.18. The van der Waals surface area contributed by atoms with Gasteiger partial charge < -0.3 is 4.74 Å². The molecule has 5 nitrogen and oxygen atoms in total. The number of hydrogen-bond acceptors (Lipinski definition) is 4. The first kappa shape index (κ1) is 22.8. The highest BCUT2D eigenvalue weighted by molar-refractivity contribution is 7.91. The third-order valence-corrected chi connectivity index (χ3v) is 6.84. The van der Waals surface area contributed by atoms with Crippen LogP contribution in [0.15, 0.2) is 65.8 Å². The third kappa shape index (κ3) is 4.43. The Morgan fingerprint density at radius 3 is 2.45 bits per heavy atom. The minimum atomic E-state index is -4.53. The lowest BCUT2D eigenvalue weighted by atomic mass is 10.1. The lowest BCUT2D eigenvalue weighted by Crippen LogP contribution is -2.05. The number of aryl methyl sites for hydroxylation is 1. The Labute approximate surface area is 187 Å². The number of hydrogen-bond donors (Lipinski definition) is 0. The number of nitrogens with zero attached hydrogens (tertiary/aromatic N) is 2. The van der Waals surface area contributed by atoms with Gasteiger partial charge in [0.05, 0.1) is 27.4 Å². The highest BCUT2D eigenvalue weighted by atomic mass is 32.2. The number of imidazole rings is 1. The molecule has 0 fully saturated rings. The molecule has 4 aromatic rings. The lowest BCUT2D eigenvalue weighted by molar-refractivity contribution is -0.136. The van der Waals surface area contributed by atoms with Gasteiger partial charge in [-0.25, -0.2) is 17.8 Å². The second-order valence-electron chi connectivity index (χ2n) is 7.36. The van der Waals surface area contributed by atoms with Crippen molar-refractivity contribution in [2.75, 3.05) is 5.75 Å². The van der Waals surface area contributed by atoms with Crippen LogP contribution in [0.2, 0.25) is 0 Å². The van der Waals surface area contributed by atoms with Crippen LogP contribution in [0, 0.1) is 12.7 Å². The van der Waals surface area contributed by atoms with E-state index in [0.29, 0.717) is 22.5 Å². The van der Waals surface area contributed by atoms with Crippen molar-refractivity contribution >= 4 is 20.9 Å². The van der Waals surface area contributed by atoms with Crippen molar-refractivity contribution in [2.24, 2.45) is 0 Å². The van der Waals surface area contributed by atoms with E-state index in [9.17, 15) is 26.0 Å². The molecule has 0 aliphatic rings. The molecule has 0 radical (unpaired) electrons. The Bertz CT molecular complexity index is 1460. The molecule has 0 atom stereocenters. The summed E-state index contributed by atoms with van der Waals surface area (Å²) in [4.78, 5) is 3.77. The van der Waals surface area contributed by atoms with Crippen LogP contribution < -0.4 is 4.74 Å². The van der Waals surface area contributed by atoms with Crippen LogP contribution in [-0.2, 0) is 16.0 Å². The first-order valence-electron chi connectivity index (χ1n) is 9.85. The average molecular weight is 478 g/mol. The smallest absolute Gasteiger partial charge is 0.418 e. The zero-order valence-electron chi connectivity index (χ0n) is 17.5. The Morgan fingerprint density at radius 2 is 1.79 bits per heavy atom. The van der Waals surface area contributed by atoms with Gasteiger partial charge in [-0.05, 0) is 55.0 Å². The van der Waals surface area contributed by atoms with Crippen molar-refractivity contribution in [2.45, 2.75) is 24.9 Å². The predicted molar refractivity (Wildman–Crippen MR) is 115 cm³/mol. The molecule has 0 aliphatic carbocycles. The molecule has 172 valence electrons. The Morgan fingerprint density at radius 1 is 1.03 bits per heavy atom. The topological polar surface area (TPSA) is 61.2 Å². The van der Waals surface area contributed by atoms with Gasteiger partial charge in [-0.15, -0.1) is 0 Å². The molecule has 33 heavy (non-hydrogen) atoms. The summed E-state index contributed by atoms with van der Waals surface area (Å²) in [6.45, 7) is 3.19. The molecule has 0 aliphatic heterocycles. The maximum absolute atomic E-state index is 14.0. The minimum absolute atomic E-state index is 0.0112. The molecule has 10 heteroatoms. The summed E-state index contributed by atoms with van der Waals surface area (Å²) in [5.74, 6) is -0.615. The van der Waals surface area contributed by atoms with E-state index < -0.39 is 27.4 Å². The molecule has 0 unspecified atom stereocenters. The van der Waals surface area contributed by atoms with Gasteiger partial charge in [0.25, 0.3) is 0 Å². The molecule has 4 rings (SSSR count). The highest BCUT2D eigenvalue weighted by Gasteiger charge is 2.33. The first-order valence-corrected chi connectivity index (χ1v) is 11.5. The van der Waals surface area contributed by atoms with Crippen LogP contribution in [0.5, 0.6) is 11.5 Å². The molecular weight excluding hydrogens is 460 g/mol. The zero-order valence-corrected chi connectivity index (χ0v) is 18.3. The number of sulfone groups is 1. The number of para-hydroxylation sites is 1. The molecule has 0 saturated heterocycles. The highest BCUT2D eigenvalue weighted by Crippen LogP contribution is 2.35. The normalized spacial score (nSPS) is 12.3. The fourth-order valence-electron chi connectivity index (χ4n) is 3.50. The number of alkyl halides is 3. The maximum atomic E-state index is 14.0. The summed E-state index contributed by atoms with van der Waals surface area (Å²) in [5, 5.41) is 0. The molecule has 0 bridgehead atoms. The average Bonchev–Trinajstić information content (AvgIpc) is 3.16. The van der Waals surface area contributed by atoms with Crippen LogP contribution >= 0.6 is 0 Å². The van der Waals surface area contributed by atoms with E-state index in [2.05, 4.69) is 4.98 Å². The largest absolute Gasteiger partial charge is 0.457 e. The van der Waals surface area contributed by atoms with E-state index in [1.54, 1.807) is 31.2 Å². The number of rotatable bonds is 5. The molecule has 0 amide bonds. The predicted octanol–water partition coefficient (Wildman–Crippen LogP) is 6.08. The monoisotopic (exact) mass is 478 g/mol. The molecule has 0 saturated carbocycles. The van der Waals surface area contributed by atoms with Crippen LogP contribution in [-0.4, -0.2) is 23.7 Å². The molecule has 3 aromatic carbocycles. The first-order chi connectivity index (χ1) is 15.5. The Kier molecular flexibility index (Phi) is 5.65. The van der Waals surface area contributed by atoms with Gasteiger partial charge in [0.1, 0.15) is 29.2 Å². The van der Waals surface area contributed by atoms with Crippen molar-refractivity contribution in [3.05, 3.63) is 77.9 Å². The lowest BCUT2D eigenvalue weighted by Gasteiger charge is -2.13. The van der Waals surface area contributed by atoms with E-state index in [0.717, 1.165) is 18.2 Å². The van der Waals surface area contributed by atoms with Gasteiger partial charge in [0.2, 0.25) is 0 Å². The van der Waals surface area contributed by atoms with Crippen LogP contribution in [0.4, 0.5) is 17.6 Å². The van der Waals surface area contributed by atoms with Crippen molar-refractivity contribution in [3.63, 3.8) is 0 Å². The summed E-state index contributed by atoms with van der Waals surface area (Å²) >= 11 is 0. The number of benzene rings is 3. The molecular formula is C23H18F4N2O3S. The quantitative estimate of drug-likeness (QED) is 0.326. The fourth-order valence-corrected chi connectivity index (χ4v) is 4.42. The number of fused-ring (bicyclic) bond motifs is 1. The fraction of sp³-hybridized carbons (Fsp3) is 0.174. The Balaban J connectivity index is 1.70. The second-order valence-corrected chi connectivity index (χ2v) is 9.64. The summed E-state index contributed by atoms with van der Waals surface area (Å²) < 4.78 is 85.2. The zero-order chi connectivity index (χ0) is 24.0. The van der Waals surface area contributed by atoms with E-state index in [1.165, 1.54) is 30.0 Å². The van der Waals surface area contributed by atoms with Crippen LogP contribution in [0.1, 0.15) is 18.1 Å². The standard InChI is InChI=1S/C23H18F4N2O3S/c1-3-33(30,31)18-11-15(24)10-17(12-18)32-16-7-8-20(14(2)9-16)29-13-28-22-19(23(25,26)27)5-4-6-21(22)29/h4-13H,3H2,1-2H3. The molecule has 0 N–H and O–H groups in total. The molecule has 1 heterocycles. The molecule has 1 aromatic heterocycles. The van der Waals surface area contributed by atoms with E-state index >= 15 is 0 Å². The van der Waals surface area contributed by atoms with Crippen molar-refractivity contribution < 1.29 is 30.7 Å². The van der Waals surface area contributed by atoms with Gasteiger partial charge in [-0.2, -0.15) is 13.2 Å².